The van der Waals surface area contributed by atoms with Crippen molar-refractivity contribution in [2.45, 2.75) is 30.8 Å². The zero-order chi connectivity index (χ0) is 20.0. The Morgan fingerprint density at radius 3 is 1.78 bits per heavy atom. The minimum Gasteiger partial charge on any atom is -0.394 e. The van der Waals surface area contributed by atoms with Gasteiger partial charge in [-0.3, -0.25) is 4.79 Å². The van der Waals surface area contributed by atoms with Crippen molar-refractivity contribution in [3.63, 3.8) is 0 Å². The lowest BCUT2D eigenvalue weighted by atomic mass is 9.85. The van der Waals surface area contributed by atoms with E-state index in [1.54, 1.807) is 0 Å². The average molecular weight is 374 g/mol. The van der Waals surface area contributed by atoms with E-state index in [2.05, 4.69) is 0 Å². The Balaban J connectivity index is 0.000000201. The Hall–Kier alpha value is -2.42. The van der Waals surface area contributed by atoms with Gasteiger partial charge in [0.05, 0.1) is 6.61 Å². The predicted octanol–water partition coefficient (Wildman–Crippen LogP) is -0.557. The van der Waals surface area contributed by atoms with Crippen LogP contribution in [0, 0.1) is 0 Å². The maximum absolute atomic E-state index is 12.1. The molecule has 7 nitrogen and oxygen atoms in total. The minimum atomic E-state index is -1.79. The van der Waals surface area contributed by atoms with Crippen molar-refractivity contribution >= 4 is 12.1 Å². The monoisotopic (exact) mass is 374 g/mol. The van der Waals surface area contributed by atoms with E-state index in [0.717, 1.165) is 28.7 Å². The van der Waals surface area contributed by atoms with E-state index >= 15 is 0 Å². The number of hydrogen-bond acceptors (Lipinski definition) is 7. The lowest BCUT2D eigenvalue weighted by Gasteiger charge is -2.22. The van der Waals surface area contributed by atoms with Crippen LogP contribution in [0.3, 0.4) is 0 Å². The summed E-state index contributed by atoms with van der Waals surface area (Å²) in [5, 5.41) is 43.5. The number of carbonyl (C=O) groups excluding carboxylic acids is 2. The molecule has 1 aliphatic carbocycles. The number of hydrogen-bond donors (Lipinski definition) is 5. The number of aliphatic hydroxyl groups excluding tert-OH is 5. The molecule has 0 saturated heterocycles. The zero-order valence-corrected chi connectivity index (χ0v) is 14.5. The second-order valence-electron chi connectivity index (χ2n) is 6.18. The van der Waals surface area contributed by atoms with Gasteiger partial charge in [0.1, 0.15) is 24.4 Å². The molecule has 0 heterocycles. The molecule has 1 aliphatic rings. The lowest BCUT2D eigenvalue weighted by molar-refractivity contribution is -0.136. The van der Waals surface area contributed by atoms with Crippen molar-refractivity contribution in [3.05, 3.63) is 70.8 Å². The Morgan fingerprint density at radius 2 is 1.33 bits per heavy atom. The van der Waals surface area contributed by atoms with Gasteiger partial charge in [-0.2, -0.15) is 0 Å². The molecule has 0 fully saturated rings. The van der Waals surface area contributed by atoms with Crippen molar-refractivity contribution in [2.24, 2.45) is 0 Å². The third kappa shape index (κ3) is 4.85. The fourth-order valence-corrected chi connectivity index (χ4v) is 2.76. The molecule has 5 N–H and O–H groups in total. The molecule has 144 valence electrons. The lowest BCUT2D eigenvalue weighted by Crippen LogP contribution is -2.46. The normalized spacial score (nSPS) is 16.7. The summed E-state index contributed by atoms with van der Waals surface area (Å²) in [5.41, 5.74) is 4.00. The number of benzene rings is 2. The van der Waals surface area contributed by atoms with Crippen molar-refractivity contribution in [1.82, 2.24) is 0 Å². The van der Waals surface area contributed by atoms with E-state index < -0.39 is 31.0 Å². The SMILES string of the molecule is O=C1c2ccccc2Cc2ccccc21.O=C[C@H](O)[C@@H](O)[C@H](O)[C@H](O)CO. The van der Waals surface area contributed by atoms with Crippen LogP contribution in [0.1, 0.15) is 27.0 Å². The van der Waals surface area contributed by atoms with Gasteiger partial charge in [0.2, 0.25) is 0 Å². The Kier molecular flexibility index (Phi) is 7.35. The van der Waals surface area contributed by atoms with Crippen LogP contribution >= 0.6 is 0 Å². The first-order chi connectivity index (χ1) is 12.9. The van der Waals surface area contributed by atoms with Crippen molar-refractivity contribution in [3.8, 4) is 0 Å². The Labute approximate surface area is 156 Å². The molecule has 7 heteroatoms. The first-order valence-corrected chi connectivity index (χ1v) is 8.39. The van der Waals surface area contributed by atoms with Crippen LogP contribution in [0.4, 0.5) is 0 Å². The van der Waals surface area contributed by atoms with Crippen LogP contribution in [0.25, 0.3) is 0 Å². The van der Waals surface area contributed by atoms with Crippen LogP contribution in [0.2, 0.25) is 0 Å². The van der Waals surface area contributed by atoms with Crippen molar-refractivity contribution in [1.29, 1.82) is 0 Å². The predicted molar refractivity (Wildman–Crippen MR) is 96.3 cm³/mol. The summed E-state index contributed by atoms with van der Waals surface area (Å²) in [6.07, 6.45) is -5.97. The van der Waals surface area contributed by atoms with E-state index in [4.69, 9.17) is 25.5 Å². The van der Waals surface area contributed by atoms with E-state index in [0.29, 0.717) is 0 Å². The molecule has 0 bridgehead atoms. The van der Waals surface area contributed by atoms with Crippen LogP contribution in [0.5, 0.6) is 0 Å². The fourth-order valence-electron chi connectivity index (χ4n) is 2.76. The van der Waals surface area contributed by atoms with Gasteiger partial charge >= 0.3 is 0 Å². The Morgan fingerprint density at radius 1 is 0.852 bits per heavy atom. The summed E-state index contributed by atoms with van der Waals surface area (Å²) in [6.45, 7) is -0.760. The van der Waals surface area contributed by atoms with E-state index in [9.17, 15) is 9.59 Å². The van der Waals surface area contributed by atoms with Crippen molar-refractivity contribution < 1.29 is 35.1 Å². The molecule has 3 rings (SSSR count). The molecule has 0 aliphatic heterocycles. The van der Waals surface area contributed by atoms with Crippen molar-refractivity contribution in [2.75, 3.05) is 6.61 Å². The van der Waals surface area contributed by atoms with Gasteiger partial charge in [0.25, 0.3) is 0 Å². The number of aldehydes is 1. The fraction of sp³-hybridized carbons (Fsp3) is 0.300. The number of ketones is 1. The highest BCUT2D eigenvalue weighted by Crippen LogP contribution is 2.26. The van der Waals surface area contributed by atoms with E-state index in [1.807, 2.05) is 48.5 Å². The number of aliphatic hydroxyl groups is 5. The number of fused-ring (bicyclic) bond motifs is 2. The molecule has 27 heavy (non-hydrogen) atoms. The molecule has 0 amide bonds. The molecular formula is C20H22O7. The van der Waals surface area contributed by atoms with Gasteiger partial charge in [-0.25, -0.2) is 0 Å². The number of rotatable bonds is 5. The third-order valence-corrected chi connectivity index (χ3v) is 4.33. The summed E-state index contributed by atoms with van der Waals surface area (Å²) < 4.78 is 0. The summed E-state index contributed by atoms with van der Waals surface area (Å²) in [6, 6.07) is 15.7. The van der Waals surface area contributed by atoms with Crippen LogP contribution in [-0.4, -0.2) is 68.6 Å². The largest absolute Gasteiger partial charge is 0.394 e. The topological polar surface area (TPSA) is 135 Å². The molecule has 0 aromatic heterocycles. The van der Waals surface area contributed by atoms with Gasteiger partial charge in [-0.05, 0) is 17.5 Å². The van der Waals surface area contributed by atoms with E-state index in [1.165, 1.54) is 0 Å². The summed E-state index contributed by atoms with van der Waals surface area (Å²) in [4.78, 5) is 22.0. The van der Waals surface area contributed by atoms with Gasteiger partial charge in [0.15, 0.2) is 12.1 Å². The molecule has 2 aromatic carbocycles. The molecule has 0 spiro atoms. The second kappa shape index (κ2) is 9.50. The Bertz CT molecular complexity index is 742. The quantitative estimate of drug-likeness (QED) is 0.378. The first kappa shape index (κ1) is 20.9. The van der Waals surface area contributed by atoms with E-state index in [-0.39, 0.29) is 12.1 Å². The van der Waals surface area contributed by atoms with Crippen LogP contribution in [-0.2, 0) is 11.2 Å². The zero-order valence-electron chi connectivity index (χ0n) is 14.5. The highest BCUT2D eigenvalue weighted by Gasteiger charge is 2.29. The summed E-state index contributed by atoms with van der Waals surface area (Å²) >= 11 is 0. The highest BCUT2D eigenvalue weighted by atomic mass is 16.4. The van der Waals surface area contributed by atoms with Crippen LogP contribution in [0.15, 0.2) is 48.5 Å². The molecular weight excluding hydrogens is 352 g/mol. The van der Waals surface area contributed by atoms with Crippen LogP contribution < -0.4 is 0 Å². The number of carbonyl (C=O) groups is 2. The molecule has 2 aromatic rings. The maximum Gasteiger partial charge on any atom is 0.193 e. The van der Waals surface area contributed by atoms with Gasteiger partial charge in [0, 0.05) is 11.1 Å². The molecule has 0 unspecified atom stereocenters. The standard InChI is InChI=1S/C14H10O.C6H12O6/c15-14-12-7-3-1-5-10(12)9-11-6-2-4-8-13(11)14;7-1-3(9)5(11)6(12)4(10)2-8/h1-8H,9H2;1,3-6,8-12H,2H2/t;3-,4+,5+,6+/m.0/s1. The molecule has 0 saturated carbocycles. The highest BCUT2D eigenvalue weighted by molar-refractivity contribution is 6.12. The summed E-state index contributed by atoms with van der Waals surface area (Å²) in [5.74, 6) is 0.160. The molecule has 4 atom stereocenters. The first-order valence-electron chi connectivity index (χ1n) is 8.39. The smallest absolute Gasteiger partial charge is 0.193 e. The van der Waals surface area contributed by atoms with Gasteiger partial charge in [-0.1, -0.05) is 48.5 Å². The minimum absolute atomic E-state index is 0.0258. The third-order valence-electron chi connectivity index (χ3n) is 4.33. The van der Waals surface area contributed by atoms with Gasteiger partial charge in [-0.15, -0.1) is 0 Å². The summed E-state index contributed by atoms with van der Waals surface area (Å²) in [7, 11) is 0. The maximum atomic E-state index is 12.1. The molecule has 0 radical (unpaired) electrons. The average Bonchev–Trinajstić information content (AvgIpc) is 2.72. The second-order valence-corrected chi connectivity index (χ2v) is 6.18. The van der Waals surface area contributed by atoms with Gasteiger partial charge < -0.3 is 30.3 Å².